The predicted molar refractivity (Wildman–Crippen MR) is 81.3 cm³/mol. The maximum Gasteiger partial charge on any atom is 0.340 e. The third kappa shape index (κ3) is 2.14. The Balaban J connectivity index is 1.98. The summed E-state index contributed by atoms with van der Waals surface area (Å²) in [6, 6.07) is -7.43. The molecule has 1 aromatic heterocycles. The first-order chi connectivity index (χ1) is 16.0. The zero-order valence-electron chi connectivity index (χ0n) is 25.8. The third-order valence-corrected chi connectivity index (χ3v) is 3.13. The number of rotatable bonds is 2. The van der Waals surface area contributed by atoms with Gasteiger partial charge in [-0.1, -0.05) is 18.2 Å². The van der Waals surface area contributed by atoms with E-state index in [0.29, 0.717) is 0 Å². The standard InChI is InChI=1S/C17H20N2O2/c1-19-11-6-7-12(19)9-13(8-11)21-17(20)15-10-18-16-5-3-2-4-14(15)16/h2-5,10-13,18H,6-9H2,1H3/t11-,12+,13?/i2D,4D,5D,6D2,7D2,8D2,9D2,10D,11D,12D,13D. The number of benzene rings is 1. The van der Waals surface area contributed by atoms with E-state index < -0.39 is 78.8 Å². The van der Waals surface area contributed by atoms with Crippen molar-refractivity contribution in [2.24, 2.45) is 0 Å². The number of hydrogen-bond acceptors (Lipinski definition) is 3. The molecule has 2 saturated heterocycles. The molecule has 2 fully saturated rings. The van der Waals surface area contributed by atoms with Crippen LogP contribution in [-0.2, 0) is 4.74 Å². The number of carbonyl (C=O) groups is 1. The molecule has 0 aliphatic carbocycles. The van der Waals surface area contributed by atoms with Crippen LogP contribution in [0.3, 0.4) is 0 Å². The first-order valence-electron chi connectivity index (χ1n) is 13.6. The van der Waals surface area contributed by atoms with Crippen molar-refractivity contribution in [3.8, 4) is 0 Å². The second kappa shape index (κ2) is 4.88. The fraction of sp³-hybridized carbons (Fsp3) is 0.471. The minimum Gasteiger partial charge on any atom is -0.459 e. The topological polar surface area (TPSA) is 45.3 Å². The maximum absolute atomic E-state index is 13.3. The van der Waals surface area contributed by atoms with Crippen LogP contribution in [0.5, 0.6) is 0 Å². The number of aromatic nitrogens is 1. The average Bonchev–Trinajstić information content (AvgIpc) is 3.14. The van der Waals surface area contributed by atoms with Gasteiger partial charge < -0.3 is 14.6 Å². The number of esters is 1. The normalized spacial score (nSPS) is 59.4. The van der Waals surface area contributed by atoms with Crippen molar-refractivity contribution in [2.75, 3.05) is 7.05 Å². The molecule has 0 amide bonds. The van der Waals surface area contributed by atoms with Crippen LogP contribution in [0.4, 0.5) is 0 Å². The molecule has 3 heterocycles. The Morgan fingerprint density at radius 1 is 1.48 bits per heavy atom. The first-order valence-corrected chi connectivity index (χ1v) is 6.08. The lowest BCUT2D eigenvalue weighted by Crippen LogP contribution is -2.43. The van der Waals surface area contributed by atoms with Gasteiger partial charge in [0.1, 0.15) is 6.08 Å². The lowest BCUT2D eigenvalue weighted by atomic mass is 10.0. The minimum absolute atomic E-state index is 0.225. The second-order valence-corrected chi connectivity index (χ2v) is 4.41. The van der Waals surface area contributed by atoms with Crippen LogP contribution in [0.1, 0.15) is 56.4 Å². The molecule has 2 aliphatic rings. The van der Waals surface area contributed by atoms with Crippen LogP contribution >= 0.6 is 0 Å². The summed E-state index contributed by atoms with van der Waals surface area (Å²) in [5.74, 6) is -1.77. The molecule has 2 aromatic rings. The summed E-state index contributed by atoms with van der Waals surface area (Å²) >= 11 is 0. The molecular formula is C17H20N2O2. The van der Waals surface area contributed by atoms with Crippen molar-refractivity contribution in [3.05, 3.63) is 35.9 Å². The van der Waals surface area contributed by atoms with Crippen LogP contribution in [0, 0.1) is 0 Å². The molecule has 21 heavy (non-hydrogen) atoms. The van der Waals surface area contributed by atoms with Gasteiger partial charge in [-0.2, -0.15) is 0 Å². The van der Waals surface area contributed by atoms with Crippen LogP contribution < -0.4 is 0 Å². The molecule has 2 bridgehead atoms. The molecule has 2 aliphatic heterocycles. The Bertz CT molecular complexity index is 1280. The van der Waals surface area contributed by atoms with Crippen molar-refractivity contribution >= 4 is 16.9 Å². The molecule has 4 rings (SSSR count). The maximum atomic E-state index is 13.3. The second-order valence-electron chi connectivity index (χ2n) is 4.41. The minimum atomic E-state index is -3.91. The molecule has 1 N–H and O–H groups in total. The van der Waals surface area contributed by atoms with Crippen molar-refractivity contribution in [1.29, 1.82) is 0 Å². The number of H-pyrrole nitrogens is 1. The van der Waals surface area contributed by atoms with Gasteiger partial charge in [0.15, 0.2) is 0 Å². The smallest absolute Gasteiger partial charge is 0.340 e. The number of aromatic amines is 1. The van der Waals surface area contributed by atoms with E-state index in [-0.39, 0.29) is 16.5 Å². The molecule has 0 saturated carbocycles. The molecule has 110 valence electrons. The Kier molecular flexibility index (Phi) is 1.07. The molecule has 0 radical (unpaired) electrons. The highest BCUT2D eigenvalue weighted by Gasteiger charge is 2.40. The number of piperidine rings is 1. The number of para-hydroxylation sites is 1. The van der Waals surface area contributed by atoms with E-state index in [1.165, 1.54) is 0 Å². The van der Waals surface area contributed by atoms with Crippen molar-refractivity contribution < 1.29 is 30.1 Å². The van der Waals surface area contributed by atoms with E-state index in [4.69, 9.17) is 25.3 Å². The number of carbonyl (C=O) groups excluding carboxylic acids is 1. The largest absolute Gasteiger partial charge is 0.459 e. The molecular weight excluding hydrogens is 264 g/mol. The number of ether oxygens (including phenoxy) is 1. The van der Waals surface area contributed by atoms with Gasteiger partial charge in [-0.25, -0.2) is 4.79 Å². The summed E-state index contributed by atoms with van der Waals surface area (Å²) in [6.45, 7) is 0. The SMILES string of the molecule is [2H]c1cc([2H])c2[nH]c([2H])c(C(=O)OC3([2H])C([2H])([2H])[C@]4([2H])N(C)[C@]([2H])(C3([2H])[2H])C([2H])([2H])C4([2H])[2H])c2c1[2H]. The quantitative estimate of drug-likeness (QED) is 0.867. The van der Waals surface area contributed by atoms with E-state index in [0.717, 1.165) is 13.1 Å². The van der Waals surface area contributed by atoms with Gasteiger partial charge in [-0.05, 0) is 25.8 Å². The first kappa shape index (κ1) is 4.59. The van der Waals surface area contributed by atoms with Gasteiger partial charge in [0.05, 0.1) is 12.4 Å². The Labute approximate surface area is 145 Å². The Morgan fingerprint density at radius 2 is 2.24 bits per heavy atom. The summed E-state index contributed by atoms with van der Waals surface area (Å²) in [5.41, 5.74) is -1.07. The highest BCUT2D eigenvalue weighted by atomic mass is 16.5. The number of nitrogens with one attached hydrogen (secondary N) is 1. The van der Waals surface area contributed by atoms with Crippen molar-refractivity contribution in [2.45, 2.75) is 43.6 Å². The van der Waals surface area contributed by atoms with E-state index in [1.807, 2.05) is 0 Å². The number of nitrogens with zero attached hydrogens (tertiary/aromatic N) is 1. The summed E-state index contributed by atoms with van der Waals surface area (Å²) in [7, 11) is 0.777. The fourth-order valence-electron chi connectivity index (χ4n) is 2.05. The van der Waals surface area contributed by atoms with Gasteiger partial charge in [0.25, 0.3) is 0 Å². The van der Waals surface area contributed by atoms with E-state index in [1.54, 1.807) is 0 Å². The molecule has 4 heteroatoms. The summed E-state index contributed by atoms with van der Waals surface area (Å²) < 4.78 is 130. The van der Waals surface area contributed by atoms with Gasteiger partial charge >= 0.3 is 5.97 Å². The Hall–Kier alpha value is -1.81. The third-order valence-electron chi connectivity index (χ3n) is 3.13. The molecule has 1 unspecified atom stereocenters. The van der Waals surface area contributed by atoms with Crippen LogP contribution in [-0.4, -0.2) is 41.0 Å². The lowest BCUT2D eigenvalue weighted by Gasteiger charge is -2.35. The fourth-order valence-corrected chi connectivity index (χ4v) is 2.05. The Morgan fingerprint density at radius 3 is 3.00 bits per heavy atom. The molecule has 1 aromatic carbocycles. The summed E-state index contributed by atoms with van der Waals surface area (Å²) in [4.78, 5) is 15.8. The molecule has 3 atom stereocenters. The van der Waals surface area contributed by atoms with Crippen LogP contribution in [0.2, 0.25) is 0 Å². The van der Waals surface area contributed by atoms with E-state index in [9.17, 15) is 4.79 Å². The highest BCUT2D eigenvalue weighted by Crippen LogP contribution is 2.35. The number of hydrogen-bond donors (Lipinski definition) is 1. The zero-order valence-corrected chi connectivity index (χ0v) is 10.8. The van der Waals surface area contributed by atoms with Crippen molar-refractivity contribution in [1.82, 2.24) is 9.88 Å². The van der Waals surface area contributed by atoms with E-state index in [2.05, 4.69) is 4.98 Å². The van der Waals surface area contributed by atoms with Gasteiger partial charge in [0, 0.05) is 55.6 Å². The van der Waals surface area contributed by atoms with Gasteiger partial charge in [-0.15, -0.1) is 0 Å². The van der Waals surface area contributed by atoms with Crippen LogP contribution in [0.15, 0.2) is 30.4 Å². The van der Waals surface area contributed by atoms with Crippen molar-refractivity contribution in [3.63, 3.8) is 0 Å². The lowest BCUT2D eigenvalue weighted by molar-refractivity contribution is -0.000258. The van der Waals surface area contributed by atoms with E-state index >= 15 is 0 Å². The zero-order chi connectivity index (χ0) is 27.8. The number of fused-ring (bicyclic) bond motifs is 3. The predicted octanol–water partition coefficient (Wildman–Crippen LogP) is 2.95. The monoisotopic (exact) mass is 299 g/mol. The average molecular weight is 299 g/mol. The van der Waals surface area contributed by atoms with Gasteiger partial charge in [0.2, 0.25) is 0 Å². The van der Waals surface area contributed by atoms with Gasteiger partial charge in [-0.3, -0.25) is 0 Å². The molecule has 0 spiro atoms. The molecule has 4 nitrogen and oxygen atoms in total. The highest BCUT2D eigenvalue weighted by molar-refractivity contribution is 6.04. The van der Waals surface area contributed by atoms with Crippen LogP contribution in [0.25, 0.3) is 10.9 Å². The summed E-state index contributed by atoms with van der Waals surface area (Å²) in [5, 5.41) is -0.463. The summed E-state index contributed by atoms with van der Waals surface area (Å²) in [6.07, 6.45) is -19.5.